The first-order chi connectivity index (χ1) is 16.8. The molecular weight excluding hydrogens is 470 g/mol. The third-order valence-corrected chi connectivity index (χ3v) is 6.44. The second kappa shape index (κ2) is 8.70. The first-order valence-corrected chi connectivity index (χ1v) is 11.4. The molecule has 0 spiro atoms. The first kappa shape index (κ1) is 22.9. The molecule has 8 nitrogen and oxygen atoms in total. The van der Waals surface area contributed by atoms with Gasteiger partial charge in [-0.2, -0.15) is 0 Å². The minimum Gasteiger partial charge on any atom is -0.497 e. The highest BCUT2D eigenvalue weighted by Gasteiger charge is 2.50. The van der Waals surface area contributed by atoms with Crippen molar-refractivity contribution in [3.63, 3.8) is 0 Å². The quantitative estimate of drug-likeness (QED) is 0.498. The number of nitrogens with zero attached hydrogens (tertiary/aromatic N) is 1. The first-order valence-electron chi connectivity index (χ1n) is 11.0. The second-order valence-electron chi connectivity index (χ2n) is 8.61. The van der Waals surface area contributed by atoms with Gasteiger partial charge in [0.2, 0.25) is 0 Å². The molecule has 0 saturated carbocycles. The van der Waals surface area contributed by atoms with Crippen LogP contribution in [-0.2, 0) is 0 Å². The minimum atomic E-state index is -0.941. The molecule has 3 amide bonds. The SMILES string of the molecule is COc1cc(NC(=O)c2cccc(N3C(=O)N[C@H]4C[C@@]3(C)Oc3ccc(Cl)cc34)c2)cc(OC)c1. The number of rotatable bonds is 5. The predicted octanol–water partition coefficient (Wildman–Crippen LogP) is 5.38. The number of hydrogen-bond donors (Lipinski definition) is 2. The molecule has 2 atom stereocenters. The molecule has 1 saturated heterocycles. The molecule has 2 aliphatic rings. The van der Waals surface area contributed by atoms with Gasteiger partial charge in [-0.1, -0.05) is 17.7 Å². The van der Waals surface area contributed by atoms with E-state index in [1.165, 1.54) is 0 Å². The van der Waals surface area contributed by atoms with Crippen LogP contribution in [0.3, 0.4) is 0 Å². The van der Waals surface area contributed by atoms with E-state index in [1.54, 1.807) is 67.7 Å². The van der Waals surface area contributed by atoms with Gasteiger partial charge in [0.1, 0.15) is 17.2 Å². The van der Waals surface area contributed by atoms with E-state index in [0.717, 1.165) is 5.56 Å². The number of carbonyl (C=O) groups excluding carboxylic acids is 2. The lowest BCUT2D eigenvalue weighted by atomic mass is 9.90. The predicted molar refractivity (Wildman–Crippen MR) is 133 cm³/mol. The number of hydrogen-bond acceptors (Lipinski definition) is 5. The monoisotopic (exact) mass is 493 g/mol. The van der Waals surface area contributed by atoms with Gasteiger partial charge in [0.25, 0.3) is 5.91 Å². The van der Waals surface area contributed by atoms with E-state index in [9.17, 15) is 9.59 Å². The van der Waals surface area contributed by atoms with E-state index in [-0.39, 0.29) is 18.0 Å². The second-order valence-corrected chi connectivity index (χ2v) is 9.04. The number of nitrogens with one attached hydrogen (secondary N) is 2. The van der Waals surface area contributed by atoms with Crippen molar-refractivity contribution >= 4 is 34.9 Å². The molecule has 0 aliphatic carbocycles. The van der Waals surface area contributed by atoms with Gasteiger partial charge in [-0.25, -0.2) is 4.79 Å². The molecule has 0 aromatic heterocycles. The number of amides is 3. The molecule has 0 unspecified atom stereocenters. The van der Waals surface area contributed by atoms with E-state index >= 15 is 0 Å². The molecule has 2 N–H and O–H groups in total. The summed E-state index contributed by atoms with van der Waals surface area (Å²) in [5, 5.41) is 6.48. The van der Waals surface area contributed by atoms with Gasteiger partial charge in [-0.15, -0.1) is 0 Å². The summed E-state index contributed by atoms with van der Waals surface area (Å²) in [5.41, 5.74) is 1.35. The fraction of sp³-hybridized carbons (Fsp3) is 0.231. The normalized spacial score (nSPS) is 20.3. The maximum atomic E-state index is 13.2. The topological polar surface area (TPSA) is 89.1 Å². The lowest BCUT2D eigenvalue weighted by molar-refractivity contribution is 0.0378. The van der Waals surface area contributed by atoms with Crippen molar-refractivity contribution in [2.45, 2.75) is 25.1 Å². The summed E-state index contributed by atoms with van der Waals surface area (Å²) in [6.07, 6.45) is 0.520. The molecule has 0 radical (unpaired) electrons. The van der Waals surface area contributed by atoms with Gasteiger partial charge < -0.3 is 24.8 Å². The molecule has 1 fully saturated rings. The summed E-state index contributed by atoms with van der Waals surface area (Å²) in [7, 11) is 3.08. The largest absolute Gasteiger partial charge is 0.497 e. The fourth-order valence-corrected chi connectivity index (χ4v) is 4.79. The van der Waals surface area contributed by atoms with Crippen LogP contribution >= 0.6 is 11.6 Å². The zero-order valence-corrected chi connectivity index (χ0v) is 20.2. The summed E-state index contributed by atoms with van der Waals surface area (Å²) in [5.74, 6) is 1.43. The average molecular weight is 494 g/mol. The number of methoxy groups -OCH3 is 2. The van der Waals surface area contributed by atoms with E-state index in [0.29, 0.717) is 45.6 Å². The van der Waals surface area contributed by atoms with Crippen LogP contribution < -0.4 is 29.7 Å². The molecule has 9 heteroatoms. The molecule has 180 valence electrons. The summed E-state index contributed by atoms with van der Waals surface area (Å²) in [4.78, 5) is 27.8. The van der Waals surface area contributed by atoms with E-state index < -0.39 is 5.72 Å². The van der Waals surface area contributed by atoms with Crippen molar-refractivity contribution in [2.24, 2.45) is 0 Å². The van der Waals surface area contributed by atoms with Crippen molar-refractivity contribution in [2.75, 3.05) is 24.4 Å². The van der Waals surface area contributed by atoms with Crippen LogP contribution in [0, 0.1) is 0 Å². The Balaban J connectivity index is 1.43. The van der Waals surface area contributed by atoms with Crippen molar-refractivity contribution < 1.29 is 23.8 Å². The Morgan fingerprint density at radius 2 is 1.86 bits per heavy atom. The van der Waals surface area contributed by atoms with Crippen molar-refractivity contribution in [1.29, 1.82) is 0 Å². The zero-order valence-electron chi connectivity index (χ0n) is 19.4. The van der Waals surface area contributed by atoms with E-state index in [1.807, 2.05) is 19.1 Å². The summed E-state index contributed by atoms with van der Waals surface area (Å²) >= 11 is 6.16. The van der Waals surface area contributed by atoms with Gasteiger partial charge >= 0.3 is 6.03 Å². The van der Waals surface area contributed by atoms with Crippen LogP contribution in [0.5, 0.6) is 17.2 Å². The van der Waals surface area contributed by atoms with Crippen LogP contribution in [-0.4, -0.2) is 31.9 Å². The zero-order chi connectivity index (χ0) is 24.7. The van der Waals surface area contributed by atoms with Crippen molar-refractivity contribution in [3.8, 4) is 17.2 Å². The smallest absolute Gasteiger partial charge is 0.325 e. The molecule has 2 aliphatic heterocycles. The number of fused-ring (bicyclic) bond motifs is 4. The number of urea groups is 1. The van der Waals surface area contributed by atoms with Crippen LogP contribution in [0.4, 0.5) is 16.2 Å². The maximum Gasteiger partial charge on any atom is 0.325 e. The fourth-order valence-electron chi connectivity index (χ4n) is 4.61. The minimum absolute atomic E-state index is 0.222. The molecule has 3 aromatic carbocycles. The number of carbonyl (C=O) groups is 2. The summed E-state index contributed by atoms with van der Waals surface area (Å²) in [6.45, 7) is 1.87. The molecule has 2 bridgehead atoms. The number of anilines is 2. The Kier molecular flexibility index (Phi) is 5.68. The van der Waals surface area contributed by atoms with Gasteiger partial charge in [-0.05, 0) is 43.3 Å². The number of halogens is 1. The van der Waals surface area contributed by atoms with Crippen molar-refractivity contribution in [3.05, 3.63) is 76.8 Å². The molecular formula is C26H24ClN3O5. The van der Waals surface area contributed by atoms with Crippen LogP contribution in [0.2, 0.25) is 5.02 Å². The maximum absolute atomic E-state index is 13.2. The Morgan fingerprint density at radius 1 is 1.11 bits per heavy atom. The van der Waals surface area contributed by atoms with E-state index in [2.05, 4.69) is 10.6 Å². The third-order valence-electron chi connectivity index (χ3n) is 6.21. The Hall–Kier alpha value is -3.91. The van der Waals surface area contributed by atoms with Gasteiger partial charge in [0, 0.05) is 46.5 Å². The molecule has 5 rings (SSSR count). The highest BCUT2D eigenvalue weighted by atomic mass is 35.5. The third kappa shape index (κ3) is 4.21. The Morgan fingerprint density at radius 3 is 2.57 bits per heavy atom. The van der Waals surface area contributed by atoms with Crippen molar-refractivity contribution in [1.82, 2.24) is 5.32 Å². The lowest BCUT2D eigenvalue weighted by Crippen LogP contribution is -2.65. The standard InChI is InChI=1S/C26H24ClN3O5/c1-26-14-22(21-10-16(27)7-8-23(21)35-26)29-25(32)30(26)18-6-4-5-15(9-18)24(31)28-17-11-19(33-2)13-20(12-17)34-3/h4-13,22H,14H2,1-3H3,(H,28,31)(H,29,32)/t22-,26+/m0/s1. The average Bonchev–Trinajstić information content (AvgIpc) is 2.84. The lowest BCUT2D eigenvalue weighted by Gasteiger charge is -2.50. The van der Waals surface area contributed by atoms with Crippen LogP contribution in [0.15, 0.2) is 60.7 Å². The summed E-state index contributed by atoms with van der Waals surface area (Å²) < 4.78 is 16.9. The Bertz CT molecular complexity index is 1310. The van der Waals surface area contributed by atoms with Crippen LogP contribution in [0.1, 0.15) is 35.3 Å². The molecule has 2 heterocycles. The van der Waals surface area contributed by atoms with Gasteiger partial charge in [0.05, 0.1) is 25.9 Å². The number of benzene rings is 3. The van der Waals surface area contributed by atoms with Gasteiger partial charge in [-0.3, -0.25) is 9.69 Å². The molecule has 35 heavy (non-hydrogen) atoms. The highest BCUT2D eigenvalue weighted by molar-refractivity contribution is 6.30. The van der Waals surface area contributed by atoms with Gasteiger partial charge in [0.15, 0.2) is 5.72 Å². The molecule has 3 aromatic rings. The Labute approximate surface area is 207 Å². The highest BCUT2D eigenvalue weighted by Crippen LogP contribution is 2.46. The summed E-state index contributed by atoms with van der Waals surface area (Å²) in [6, 6.07) is 16.8. The van der Waals surface area contributed by atoms with Crippen LogP contribution in [0.25, 0.3) is 0 Å². The number of ether oxygens (including phenoxy) is 3. The van der Waals surface area contributed by atoms with E-state index in [4.69, 9.17) is 25.8 Å².